The highest BCUT2D eigenvalue weighted by Crippen LogP contribution is 2.29. The Morgan fingerprint density at radius 1 is 1.06 bits per heavy atom. The summed E-state index contributed by atoms with van der Waals surface area (Å²) in [6.45, 7) is 3.99. The van der Waals surface area contributed by atoms with Crippen molar-refractivity contribution < 1.29 is 4.74 Å². The molecule has 0 saturated heterocycles. The summed E-state index contributed by atoms with van der Waals surface area (Å²) in [7, 11) is 0. The molecule has 94 valence electrons. The summed E-state index contributed by atoms with van der Waals surface area (Å²) in [6, 6.07) is 5.35. The zero-order valence-corrected chi connectivity index (χ0v) is 11.7. The predicted octanol–water partition coefficient (Wildman–Crippen LogP) is 2.81. The Morgan fingerprint density at radius 3 is 2.22 bits per heavy atom. The molecule has 2 rings (SSSR count). The number of hydrogen-bond donors (Lipinski definition) is 2. The molecule has 4 N–H and O–H groups in total. The maximum Gasteiger partial charge on any atom is 0.226 e. The highest BCUT2D eigenvalue weighted by molar-refractivity contribution is 9.10. The molecule has 0 fully saturated rings. The third-order valence-corrected chi connectivity index (χ3v) is 3.62. The van der Waals surface area contributed by atoms with E-state index in [1.165, 1.54) is 6.07 Å². The van der Waals surface area contributed by atoms with Crippen LogP contribution in [-0.4, -0.2) is 9.97 Å². The number of nitrogens with two attached hydrogens (primary N) is 2. The molecule has 0 radical (unpaired) electrons. The van der Waals surface area contributed by atoms with Gasteiger partial charge < -0.3 is 16.2 Å². The van der Waals surface area contributed by atoms with Crippen LogP contribution in [0.3, 0.4) is 0 Å². The molecule has 1 aromatic carbocycles. The smallest absolute Gasteiger partial charge is 0.226 e. The van der Waals surface area contributed by atoms with Crippen LogP contribution in [0, 0.1) is 13.8 Å². The van der Waals surface area contributed by atoms with Crippen molar-refractivity contribution in [1.29, 1.82) is 0 Å². The summed E-state index contributed by atoms with van der Waals surface area (Å²) in [5.74, 6) is 1.39. The minimum absolute atomic E-state index is 0.0931. The van der Waals surface area contributed by atoms with Crippen LogP contribution < -0.4 is 16.2 Å². The van der Waals surface area contributed by atoms with Gasteiger partial charge in [-0.05, 0) is 37.1 Å². The molecular formula is C12H13BrN4O. The first kappa shape index (κ1) is 12.6. The highest BCUT2D eigenvalue weighted by Gasteiger charge is 2.06. The Balaban J connectivity index is 2.34. The van der Waals surface area contributed by atoms with E-state index in [1.54, 1.807) is 0 Å². The van der Waals surface area contributed by atoms with E-state index in [2.05, 4.69) is 25.9 Å². The zero-order chi connectivity index (χ0) is 13.3. The average molecular weight is 309 g/mol. The number of nitrogens with zero attached hydrogens (tertiary/aromatic N) is 2. The normalized spacial score (nSPS) is 10.4. The highest BCUT2D eigenvalue weighted by atomic mass is 79.9. The van der Waals surface area contributed by atoms with Crippen molar-refractivity contribution in [3.63, 3.8) is 0 Å². The van der Waals surface area contributed by atoms with E-state index >= 15 is 0 Å². The molecule has 0 atom stereocenters. The van der Waals surface area contributed by atoms with Crippen LogP contribution >= 0.6 is 15.9 Å². The number of nitrogen functional groups attached to an aromatic ring is 2. The minimum Gasteiger partial charge on any atom is -0.439 e. The van der Waals surface area contributed by atoms with Gasteiger partial charge in [0.15, 0.2) is 0 Å². The fourth-order valence-corrected chi connectivity index (χ4v) is 1.83. The van der Waals surface area contributed by atoms with E-state index in [0.717, 1.165) is 15.6 Å². The molecule has 0 saturated carbocycles. The van der Waals surface area contributed by atoms with Gasteiger partial charge in [0.2, 0.25) is 11.8 Å². The van der Waals surface area contributed by atoms with E-state index in [4.69, 9.17) is 16.2 Å². The van der Waals surface area contributed by atoms with Crippen LogP contribution in [0.25, 0.3) is 0 Å². The van der Waals surface area contributed by atoms with Gasteiger partial charge in [0.05, 0.1) is 0 Å². The maximum absolute atomic E-state index is 5.62. The molecular weight excluding hydrogens is 296 g/mol. The molecule has 0 spiro atoms. The molecule has 0 aliphatic carbocycles. The Labute approximate surface area is 113 Å². The van der Waals surface area contributed by atoms with Gasteiger partial charge in [-0.25, -0.2) is 0 Å². The number of halogens is 1. The number of ether oxygens (including phenoxy) is 1. The van der Waals surface area contributed by atoms with Crippen LogP contribution in [0.5, 0.6) is 11.6 Å². The molecule has 0 amide bonds. The summed E-state index contributed by atoms with van der Waals surface area (Å²) < 4.78 is 6.69. The fourth-order valence-electron chi connectivity index (χ4n) is 1.60. The van der Waals surface area contributed by atoms with Crippen LogP contribution in [0.4, 0.5) is 11.8 Å². The van der Waals surface area contributed by atoms with Crippen LogP contribution in [0.2, 0.25) is 0 Å². The Kier molecular flexibility index (Phi) is 3.38. The van der Waals surface area contributed by atoms with Gasteiger partial charge >= 0.3 is 0 Å². The van der Waals surface area contributed by atoms with E-state index in [9.17, 15) is 0 Å². The molecule has 1 aromatic heterocycles. The molecule has 5 nitrogen and oxygen atoms in total. The molecule has 18 heavy (non-hydrogen) atoms. The lowest BCUT2D eigenvalue weighted by molar-refractivity contribution is 0.462. The van der Waals surface area contributed by atoms with Gasteiger partial charge in [0.25, 0.3) is 0 Å². The third kappa shape index (κ3) is 2.70. The van der Waals surface area contributed by atoms with Crippen LogP contribution in [0.15, 0.2) is 22.7 Å². The van der Waals surface area contributed by atoms with Gasteiger partial charge in [-0.1, -0.05) is 15.9 Å². The van der Waals surface area contributed by atoms with Crippen molar-refractivity contribution in [2.45, 2.75) is 13.8 Å². The summed E-state index contributed by atoms with van der Waals surface area (Å²) in [5.41, 5.74) is 13.3. The second-order valence-electron chi connectivity index (χ2n) is 3.96. The molecule has 0 unspecified atom stereocenters. The van der Waals surface area contributed by atoms with Crippen molar-refractivity contribution in [3.8, 4) is 11.6 Å². The van der Waals surface area contributed by atoms with Crippen molar-refractivity contribution in [3.05, 3.63) is 33.8 Å². The lowest BCUT2D eigenvalue weighted by Crippen LogP contribution is -2.01. The Morgan fingerprint density at radius 2 is 1.67 bits per heavy atom. The SMILES string of the molecule is Cc1cc(Oc2cc(N)nc(N)n2)cc(C)c1Br. The first-order valence-electron chi connectivity index (χ1n) is 5.30. The molecule has 2 aromatic rings. The van der Waals surface area contributed by atoms with E-state index < -0.39 is 0 Å². The number of benzene rings is 1. The van der Waals surface area contributed by atoms with Crippen molar-refractivity contribution in [1.82, 2.24) is 9.97 Å². The quantitative estimate of drug-likeness (QED) is 0.890. The molecule has 0 bridgehead atoms. The predicted molar refractivity (Wildman–Crippen MR) is 74.5 cm³/mol. The Bertz CT molecular complexity index is 557. The van der Waals surface area contributed by atoms with E-state index in [1.807, 2.05) is 26.0 Å². The van der Waals surface area contributed by atoms with Crippen LogP contribution in [0.1, 0.15) is 11.1 Å². The standard InChI is InChI=1S/C12H13BrN4O/c1-6-3-8(4-7(2)11(6)13)18-10-5-9(14)16-12(15)17-10/h3-5H,1-2H3,(H4,14,15,16,17). The number of aromatic nitrogens is 2. The summed E-state index contributed by atoms with van der Waals surface area (Å²) in [5, 5.41) is 0. The third-order valence-electron chi connectivity index (χ3n) is 2.37. The number of anilines is 2. The van der Waals surface area contributed by atoms with E-state index in [0.29, 0.717) is 11.6 Å². The minimum atomic E-state index is 0.0931. The first-order chi connectivity index (χ1) is 8.45. The summed E-state index contributed by atoms with van der Waals surface area (Å²) >= 11 is 3.50. The lowest BCUT2D eigenvalue weighted by atomic mass is 10.1. The second kappa shape index (κ2) is 4.81. The van der Waals surface area contributed by atoms with Crippen molar-refractivity contribution in [2.24, 2.45) is 0 Å². The monoisotopic (exact) mass is 308 g/mol. The summed E-state index contributed by atoms with van der Waals surface area (Å²) in [4.78, 5) is 7.75. The van der Waals surface area contributed by atoms with Gasteiger partial charge in [0, 0.05) is 10.5 Å². The van der Waals surface area contributed by atoms with E-state index in [-0.39, 0.29) is 11.8 Å². The Hall–Kier alpha value is -1.82. The van der Waals surface area contributed by atoms with Crippen molar-refractivity contribution in [2.75, 3.05) is 11.5 Å². The second-order valence-corrected chi connectivity index (χ2v) is 4.76. The molecule has 0 aliphatic heterocycles. The number of hydrogen-bond acceptors (Lipinski definition) is 5. The summed E-state index contributed by atoms with van der Waals surface area (Å²) in [6.07, 6.45) is 0. The molecule has 1 heterocycles. The van der Waals surface area contributed by atoms with Gasteiger partial charge in [0.1, 0.15) is 11.6 Å². The number of rotatable bonds is 2. The first-order valence-corrected chi connectivity index (χ1v) is 6.09. The van der Waals surface area contributed by atoms with Gasteiger partial charge in [-0.3, -0.25) is 0 Å². The van der Waals surface area contributed by atoms with Gasteiger partial charge in [-0.15, -0.1) is 0 Å². The number of aryl methyl sites for hydroxylation is 2. The largest absolute Gasteiger partial charge is 0.439 e. The topological polar surface area (TPSA) is 87.0 Å². The maximum atomic E-state index is 5.62. The average Bonchev–Trinajstić information content (AvgIpc) is 2.24. The molecule has 6 heteroatoms. The zero-order valence-electron chi connectivity index (χ0n) is 10.1. The fraction of sp³-hybridized carbons (Fsp3) is 0.167. The van der Waals surface area contributed by atoms with Crippen molar-refractivity contribution >= 4 is 27.7 Å². The van der Waals surface area contributed by atoms with Gasteiger partial charge in [-0.2, -0.15) is 9.97 Å². The lowest BCUT2D eigenvalue weighted by Gasteiger charge is -2.09. The molecule has 0 aliphatic rings. The van der Waals surface area contributed by atoms with Crippen LogP contribution in [-0.2, 0) is 0 Å².